The van der Waals surface area contributed by atoms with Crippen molar-refractivity contribution in [3.05, 3.63) is 42.0 Å². The Labute approximate surface area is 112 Å². The molecule has 1 aromatic heterocycles. The Balaban J connectivity index is 2.31. The van der Waals surface area contributed by atoms with Crippen LogP contribution in [0.15, 0.2) is 30.6 Å². The van der Waals surface area contributed by atoms with Crippen LogP contribution >= 0.6 is 0 Å². The molecule has 2 aromatic rings. The maximum absolute atomic E-state index is 14.0. The number of nitrogens with zero attached hydrogens (tertiary/aromatic N) is 2. The lowest BCUT2D eigenvalue weighted by Gasteiger charge is -2.17. The van der Waals surface area contributed by atoms with Gasteiger partial charge in [-0.25, -0.2) is 4.39 Å². The largest absolute Gasteiger partial charge is 0.454 e. The molecular weight excluding hydrogens is 245 g/mol. The third-order valence-electron chi connectivity index (χ3n) is 2.87. The average Bonchev–Trinajstić information content (AvgIpc) is 2.75. The van der Waals surface area contributed by atoms with Crippen molar-refractivity contribution >= 4 is 0 Å². The van der Waals surface area contributed by atoms with Crippen molar-refractivity contribution in [2.24, 2.45) is 7.05 Å². The summed E-state index contributed by atoms with van der Waals surface area (Å²) < 4.78 is 21.3. The van der Waals surface area contributed by atoms with Crippen molar-refractivity contribution in [3.63, 3.8) is 0 Å². The summed E-state index contributed by atoms with van der Waals surface area (Å²) >= 11 is 0. The highest BCUT2D eigenvalue weighted by atomic mass is 19.1. The second-order valence-electron chi connectivity index (χ2n) is 4.38. The van der Waals surface area contributed by atoms with Gasteiger partial charge in [0.05, 0.1) is 12.4 Å². The Kier molecular flexibility index (Phi) is 4.16. The number of halogens is 1. The summed E-state index contributed by atoms with van der Waals surface area (Å²) in [6.45, 7) is 4.67. The normalized spacial score (nSPS) is 12.4. The summed E-state index contributed by atoms with van der Waals surface area (Å²) in [5.74, 6) is 0.842. The molecule has 5 heteroatoms. The van der Waals surface area contributed by atoms with Gasteiger partial charge in [0.2, 0.25) is 0 Å². The number of rotatable bonds is 5. The molecule has 4 nitrogen and oxygen atoms in total. The standard InChI is InChI=1S/C14H18FN3O/c1-4-16-10(2)14-12(15)6-5-7-13(14)19-11-8-17-18(3)9-11/h5-10,16H,4H2,1-3H3. The molecule has 0 aliphatic rings. The first-order valence-electron chi connectivity index (χ1n) is 6.30. The maximum atomic E-state index is 14.0. The van der Waals surface area contributed by atoms with Crippen LogP contribution in [0.3, 0.4) is 0 Å². The smallest absolute Gasteiger partial charge is 0.165 e. The summed E-state index contributed by atoms with van der Waals surface area (Å²) in [5, 5.41) is 7.22. The first kappa shape index (κ1) is 13.5. The molecule has 0 saturated carbocycles. The Morgan fingerprint density at radius 3 is 2.89 bits per heavy atom. The Morgan fingerprint density at radius 1 is 1.47 bits per heavy atom. The van der Waals surface area contributed by atoms with Gasteiger partial charge < -0.3 is 10.1 Å². The van der Waals surface area contributed by atoms with Gasteiger partial charge in [-0.15, -0.1) is 0 Å². The zero-order valence-corrected chi connectivity index (χ0v) is 11.4. The van der Waals surface area contributed by atoms with Crippen molar-refractivity contribution in [1.82, 2.24) is 15.1 Å². The number of aryl methyl sites for hydroxylation is 1. The maximum Gasteiger partial charge on any atom is 0.165 e. The predicted octanol–water partition coefficient (Wildman–Crippen LogP) is 3.02. The lowest BCUT2D eigenvalue weighted by Crippen LogP contribution is -2.19. The van der Waals surface area contributed by atoms with Crippen LogP contribution in [-0.4, -0.2) is 16.3 Å². The van der Waals surface area contributed by atoms with Crippen LogP contribution in [0.4, 0.5) is 4.39 Å². The van der Waals surface area contributed by atoms with Gasteiger partial charge in [0.1, 0.15) is 11.6 Å². The zero-order valence-electron chi connectivity index (χ0n) is 11.4. The highest BCUT2D eigenvalue weighted by molar-refractivity contribution is 5.39. The number of aromatic nitrogens is 2. The molecule has 0 amide bonds. The third-order valence-corrected chi connectivity index (χ3v) is 2.87. The fourth-order valence-electron chi connectivity index (χ4n) is 2.01. The third kappa shape index (κ3) is 3.12. The van der Waals surface area contributed by atoms with E-state index in [0.29, 0.717) is 17.1 Å². The van der Waals surface area contributed by atoms with Crippen LogP contribution < -0.4 is 10.1 Å². The molecule has 1 N–H and O–H groups in total. The van der Waals surface area contributed by atoms with E-state index in [2.05, 4.69) is 10.4 Å². The van der Waals surface area contributed by atoms with E-state index in [-0.39, 0.29) is 11.9 Å². The van der Waals surface area contributed by atoms with Crippen LogP contribution in [-0.2, 0) is 7.05 Å². The average molecular weight is 263 g/mol. The van der Waals surface area contributed by atoms with Gasteiger partial charge in [-0.05, 0) is 25.6 Å². The minimum atomic E-state index is -0.269. The lowest BCUT2D eigenvalue weighted by molar-refractivity contribution is 0.448. The molecular formula is C14H18FN3O. The molecule has 102 valence electrons. The summed E-state index contributed by atoms with van der Waals surface area (Å²) in [5.41, 5.74) is 0.535. The number of hydrogen-bond donors (Lipinski definition) is 1. The van der Waals surface area contributed by atoms with Crippen molar-refractivity contribution in [3.8, 4) is 11.5 Å². The molecule has 0 saturated heterocycles. The van der Waals surface area contributed by atoms with Crippen LogP contribution in [0.25, 0.3) is 0 Å². The first-order chi connectivity index (χ1) is 9.11. The van der Waals surface area contributed by atoms with Gasteiger partial charge in [-0.1, -0.05) is 13.0 Å². The molecule has 0 bridgehead atoms. The van der Waals surface area contributed by atoms with Crippen LogP contribution in [0.5, 0.6) is 11.5 Å². The minimum Gasteiger partial charge on any atom is -0.454 e. The van der Waals surface area contributed by atoms with Crippen molar-refractivity contribution in [2.75, 3.05) is 6.54 Å². The van der Waals surface area contributed by atoms with E-state index in [0.717, 1.165) is 6.54 Å². The van der Waals surface area contributed by atoms with E-state index >= 15 is 0 Å². The zero-order chi connectivity index (χ0) is 13.8. The summed E-state index contributed by atoms with van der Waals surface area (Å²) in [7, 11) is 1.81. The van der Waals surface area contributed by atoms with Crippen LogP contribution in [0, 0.1) is 5.82 Å². The van der Waals surface area contributed by atoms with Gasteiger partial charge in [0, 0.05) is 18.7 Å². The highest BCUT2D eigenvalue weighted by Crippen LogP contribution is 2.31. The molecule has 2 rings (SSSR count). The van der Waals surface area contributed by atoms with Gasteiger partial charge >= 0.3 is 0 Å². The predicted molar refractivity (Wildman–Crippen MR) is 71.8 cm³/mol. The minimum absolute atomic E-state index is 0.113. The molecule has 1 atom stereocenters. The van der Waals surface area contributed by atoms with E-state index in [4.69, 9.17) is 4.74 Å². The topological polar surface area (TPSA) is 39.1 Å². The molecule has 0 fully saturated rings. The molecule has 1 heterocycles. The summed E-state index contributed by atoms with van der Waals surface area (Å²) in [4.78, 5) is 0. The highest BCUT2D eigenvalue weighted by Gasteiger charge is 2.16. The van der Waals surface area contributed by atoms with Crippen LogP contribution in [0.1, 0.15) is 25.5 Å². The Hall–Kier alpha value is -1.88. The van der Waals surface area contributed by atoms with Gasteiger partial charge in [-0.3, -0.25) is 4.68 Å². The van der Waals surface area contributed by atoms with E-state index in [1.165, 1.54) is 6.07 Å². The number of benzene rings is 1. The van der Waals surface area contributed by atoms with Crippen LogP contribution in [0.2, 0.25) is 0 Å². The Morgan fingerprint density at radius 2 is 2.26 bits per heavy atom. The van der Waals surface area contributed by atoms with Crippen molar-refractivity contribution in [1.29, 1.82) is 0 Å². The lowest BCUT2D eigenvalue weighted by atomic mass is 10.1. The molecule has 1 aromatic carbocycles. The van der Waals surface area contributed by atoms with Crippen molar-refractivity contribution < 1.29 is 9.13 Å². The molecule has 0 aliphatic heterocycles. The molecule has 0 aliphatic carbocycles. The number of ether oxygens (including phenoxy) is 1. The fourth-order valence-corrected chi connectivity index (χ4v) is 2.01. The van der Waals surface area contributed by atoms with E-state index < -0.39 is 0 Å². The fraction of sp³-hybridized carbons (Fsp3) is 0.357. The van der Waals surface area contributed by atoms with Gasteiger partial charge in [-0.2, -0.15) is 5.10 Å². The number of nitrogens with one attached hydrogen (secondary N) is 1. The summed E-state index contributed by atoms with van der Waals surface area (Å²) in [6.07, 6.45) is 3.35. The molecule has 19 heavy (non-hydrogen) atoms. The van der Waals surface area contributed by atoms with Gasteiger partial charge in [0.15, 0.2) is 5.75 Å². The second kappa shape index (κ2) is 5.84. The molecule has 1 unspecified atom stereocenters. The Bertz CT molecular complexity index is 553. The number of hydrogen-bond acceptors (Lipinski definition) is 3. The first-order valence-corrected chi connectivity index (χ1v) is 6.30. The van der Waals surface area contributed by atoms with E-state index in [1.807, 2.05) is 13.8 Å². The monoisotopic (exact) mass is 263 g/mol. The van der Waals surface area contributed by atoms with Gasteiger partial charge in [0.25, 0.3) is 0 Å². The van der Waals surface area contributed by atoms with E-state index in [9.17, 15) is 4.39 Å². The molecule has 0 spiro atoms. The second-order valence-corrected chi connectivity index (χ2v) is 4.38. The molecule has 0 radical (unpaired) electrons. The SMILES string of the molecule is CCNC(C)c1c(F)cccc1Oc1cnn(C)c1. The van der Waals surface area contributed by atoms with E-state index in [1.54, 1.807) is 36.3 Å². The summed E-state index contributed by atoms with van der Waals surface area (Å²) in [6, 6.07) is 4.74. The quantitative estimate of drug-likeness (QED) is 0.901. The van der Waals surface area contributed by atoms with Crippen molar-refractivity contribution in [2.45, 2.75) is 19.9 Å².